The SMILES string of the molecule is CCN(C(=O)c1ccccc1OC)c1nc2cc(Cl)ccc2s1. The number of carbonyl (C=O) groups excluding carboxylic acids is 1. The van der Waals surface area contributed by atoms with Crippen molar-refractivity contribution in [1.29, 1.82) is 0 Å². The molecular formula is C17H15ClN2O2S. The highest BCUT2D eigenvalue weighted by Crippen LogP contribution is 2.32. The molecule has 6 heteroatoms. The molecule has 118 valence electrons. The van der Waals surface area contributed by atoms with Gasteiger partial charge in [0.1, 0.15) is 5.75 Å². The second kappa shape index (κ2) is 6.56. The van der Waals surface area contributed by atoms with Crippen LogP contribution < -0.4 is 9.64 Å². The van der Waals surface area contributed by atoms with Gasteiger partial charge >= 0.3 is 0 Å². The average molecular weight is 347 g/mol. The largest absolute Gasteiger partial charge is 0.496 e. The number of aromatic nitrogens is 1. The van der Waals surface area contributed by atoms with Gasteiger partial charge in [0.05, 0.1) is 22.9 Å². The molecule has 2 aromatic carbocycles. The molecule has 1 aromatic heterocycles. The topological polar surface area (TPSA) is 42.4 Å². The number of anilines is 1. The van der Waals surface area contributed by atoms with Gasteiger partial charge in [0.2, 0.25) is 0 Å². The highest BCUT2D eigenvalue weighted by atomic mass is 35.5. The van der Waals surface area contributed by atoms with Gasteiger partial charge in [-0.1, -0.05) is 35.1 Å². The molecule has 23 heavy (non-hydrogen) atoms. The number of carbonyl (C=O) groups is 1. The van der Waals surface area contributed by atoms with Crippen molar-refractivity contribution in [2.45, 2.75) is 6.92 Å². The van der Waals surface area contributed by atoms with Gasteiger partial charge in [-0.2, -0.15) is 0 Å². The third-order valence-electron chi connectivity index (χ3n) is 3.47. The van der Waals surface area contributed by atoms with E-state index < -0.39 is 0 Å². The number of thiazole rings is 1. The van der Waals surface area contributed by atoms with E-state index >= 15 is 0 Å². The van der Waals surface area contributed by atoms with Crippen LogP contribution in [0.1, 0.15) is 17.3 Å². The lowest BCUT2D eigenvalue weighted by Gasteiger charge is -2.18. The van der Waals surface area contributed by atoms with Gasteiger partial charge in [0.25, 0.3) is 5.91 Å². The minimum atomic E-state index is -0.130. The van der Waals surface area contributed by atoms with Crippen molar-refractivity contribution in [3.05, 3.63) is 53.1 Å². The second-order valence-corrected chi connectivity index (χ2v) is 6.30. The minimum absolute atomic E-state index is 0.130. The third-order valence-corrected chi connectivity index (χ3v) is 4.76. The Morgan fingerprint density at radius 2 is 2.09 bits per heavy atom. The van der Waals surface area contributed by atoms with Crippen molar-refractivity contribution in [2.24, 2.45) is 0 Å². The molecule has 0 atom stereocenters. The Morgan fingerprint density at radius 1 is 1.30 bits per heavy atom. The van der Waals surface area contributed by atoms with Crippen LogP contribution in [-0.4, -0.2) is 24.5 Å². The molecule has 0 unspecified atom stereocenters. The Hall–Kier alpha value is -2.11. The Morgan fingerprint density at radius 3 is 2.83 bits per heavy atom. The molecule has 0 fully saturated rings. The first-order chi connectivity index (χ1) is 11.1. The number of hydrogen-bond donors (Lipinski definition) is 0. The molecule has 0 saturated heterocycles. The van der Waals surface area contributed by atoms with E-state index in [1.807, 2.05) is 31.2 Å². The zero-order chi connectivity index (χ0) is 16.4. The zero-order valence-electron chi connectivity index (χ0n) is 12.7. The summed E-state index contributed by atoms with van der Waals surface area (Å²) in [7, 11) is 1.56. The third kappa shape index (κ3) is 3.02. The Labute approximate surface area is 143 Å². The number of halogens is 1. The molecule has 0 aliphatic rings. The summed E-state index contributed by atoms with van der Waals surface area (Å²) in [5, 5.41) is 1.29. The smallest absolute Gasteiger partial charge is 0.263 e. The fourth-order valence-corrected chi connectivity index (χ4v) is 3.51. The summed E-state index contributed by atoms with van der Waals surface area (Å²) in [6.45, 7) is 2.44. The number of amides is 1. The average Bonchev–Trinajstić information content (AvgIpc) is 2.97. The lowest BCUT2D eigenvalue weighted by Crippen LogP contribution is -2.30. The summed E-state index contributed by atoms with van der Waals surface area (Å²) in [5.41, 5.74) is 1.32. The van der Waals surface area contributed by atoms with E-state index in [-0.39, 0.29) is 5.91 Å². The van der Waals surface area contributed by atoms with E-state index in [1.54, 1.807) is 30.2 Å². The molecule has 3 aromatic rings. The summed E-state index contributed by atoms with van der Waals surface area (Å²) < 4.78 is 6.29. The fourth-order valence-electron chi connectivity index (χ4n) is 2.34. The van der Waals surface area contributed by atoms with Crippen molar-refractivity contribution in [3.8, 4) is 5.75 Å². The molecular weight excluding hydrogens is 332 g/mol. The van der Waals surface area contributed by atoms with Crippen LogP contribution in [0, 0.1) is 0 Å². The number of hydrogen-bond acceptors (Lipinski definition) is 4. The summed E-state index contributed by atoms with van der Waals surface area (Å²) in [4.78, 5) is 19.1. The van der Waals surface area contributed by atoms with Crippen molar-refractivity contribution >= 4 is 44.2 Å². The molecule has 0 bridgehead atoms. The maximum atomic E-state index is 12.9. The predicted octanol–water partition coefficient (Wildman–Crippen LogP) is 4.63. The number of nitrogens with zero attached hydrogens (tertiary/aromatic N) is 2. The Bertz CT molecular complexity index is 863. The van der Waals surface area contributed by atoms with Gasteiger partial charge in [-0.25, -0.2) is 4.98 Å². The van der Waals surface area contributed by atoms with Gasteiger partial charge in [-0.3, -0.25) is 9.69 Å². The lowest BCUT2D eigenvalue weighted by atomic mass is 10.2. The first kappa shape index (κ1) is 15.8. The standard InChI is InChI=1S/C17H15ClN2O2S/c1-3-20(16(21)12-6-4-5-7-14(12)22-2)17-19-13-10-11(18)8-9-15(13)23-17/h4-10H,3H2,1-2H3. The van der Waals surface area contributed by atoms with Crippen LogP contribution in [0.25, 0.3) is 10.2 Å². The van der Waals surface area contributed by atoms with Crippen molar-refractivity contribution < 1.29 is 9.53 Å². The summed E-state index contributed by atoms with van der Waals surface area (Å²) >= 11 is 7.48. The normalized spacial score (nSPS) is 10.7. The van der Waals surface area contributed by atoms with Gasteiger partial charge in [0.15, 0.2) is 5.13 Å². The summed E-state index contributed by atoms with van der Waals surface area (Å²) in [5.74, 6) is 0.426. The second-order valence-electron chi connectivity index (χ2n) is 4.86. The molecule has 0 radical (unpaired) electrons. The van der Waals surface area contributed by atoms with E-state index in [0.29, 0.717) is 28.0 Å². The zero-order valence-corrected chi connectivity index (χ0v) is 14.3. The number of fused-ring (bicyclic) bond motifs is 1. The quantitative estimate of drug-likeness (QED) is 0.692. The summed E-state index contributed by atoms with van der Waals surface area (Å²) in [6, 6.07) is 12.7. The van der Waals surface area contributed by atoms with E-state index in [1.165, 1.54) is 11.3 Å². The first-order valence-corrected chi connectivity index (χ1v) is 8.34. The number of para-hydroxylation sites is 1. The van der Waals surface area contributed by atoms with Gasteiger partial charge in [0, 0.05) is 11.6 Å². The Balaban J connectivity index is 2.02. The van der Waals surface area contributed by atoms with Crippen LogP contribution in [0.5, 0.6) is 5.75 Å². The summed E-state index contributed by atoms with van der Waals surface area (Å²) in [6.07, 6.45) is 0. The van der Waals surface area contributed by atoms with E-state index in [2.05, 4.69) is 4.98 Å². The van der Waals surface area contributed by atoms with Crippen LogP contribution in [0.2, 0.25) is 5.02 Å². The van der Waals surface area contributed by atoms with Crippen LogP contribution in [0.15, 0.2) is 42.5 Å². The number of methoxy groups -OCH3 is 1. The highest BCUT2D eigenvalue weighted by Gasteiger charge is 2.22. The molecule has 1 heterocycles. The molecule has 0 aliphatic carbocycles. The van der Waals surface area contributed by atoms with Gasteiger partial charge < -0.3 is 4.74 Å². The molecule has 0 saturated carbocycles. The molecule has 4 nitrogen and oxygen atoms in total. The first-order valence-electron chi connectivity index (χ1n) is 7.15. The fraction of sp³-hybridized carbons (Fsp3) is 0.176. The predicted molar refractivity (Wildman–Crippen MR) is 95.0 cm³/mol. The maximum absolute atomic E-state index is 12.9. The number of rotatable bonds is 4. The van der Waals surface area contributed by atoms with Crippen LogP contribution >= 0.6 is 22.9 Å². The van der Waals surface area contributed by atoms with E-state index in [0.717, 1.165) is 10.2 Å². The van der Waals surface area contributed by atoms with Crippen molar-refractivity contribution in [3.63, 3.8) is 0 Å². The van der Waals surface area contributed by atoms with Crippen molar-refractivity contribution in [1.82, 2.24) is 4.98 Å². The molecule has 3 rings (SSSR count). The van der Waals surface area contributed by atoms with Crippen LogP contribution in [-0.2, 0) is 0 Å². The van der Waals surface area contributed by atoms with Crippen molar-refractivity contribution in [2.75, 3.05) is 18.6 Å². The molecule has 0 spiro atoms. The maximum Gasteiger partial charge on any atom is 0.263 e. The van der Waals surface area contributed by atoms with E-state index in [4.69, 9.17) is 16.3 Å². The lowest BCUT2D eigenvalue weighted by molar-refractivity contribution is 0.0985. The van der Waals surface area contributed by atoms with Gasteiger partial charge in [-0.15, -0.1) is 0 Å². The van der Waals surface area contributed by atoms with Crippen LogP contribution in [0.3, 0.4) is 0 Å². The minimum Gasteiger partial charge on any atom is -0.496 e. The Kier molecular flexibility index (Phi) is 4.50. The number of benzene rings is 2. The van der Waals surface area contributed by atoms with Gasteiger partial charge in [-0.05, 0) is 37.3 Å². The molecule has 0 aliphatic heterocycles. The van der Waals surface area contributed by atoms with Crippen LogP contribution in [0.4, 0.5) is 5.13 Å². The molecule has 1 amide bonds. The molecule has 0 N–H and O–H groups in total. The monoisotopic (exact) mass is 346 g/mol. The highest BCUT2D eigenvalue weighted by molar-refractivity contribution is 7.22. The van der Waals surface area contributed by atoms with E-state index in [9.17, 15) is 4.79 Å². The number of ether oxygens (including phenoxy) is 1.